The summed E-state index contributed by atoms with van der Waals surface area (Å²) in [5.74, 6) is -1.08. The van der Waals surface area contributed by atoms with Gasteiger partial charge in [0.1, 0.15) is 5.82 Å². The van der Waals surface area contributed by atoms with Crippen LogP contribution in [0.15, 0.2) is 40.3 Å². The molecule has 0 saturated heterocycles. The van der Waals surface area contributed by atoms with Crippen LogP contribution in [0.25, 0.3) is 0 Å². The lowest BCUT2D eigenvalue weighted by atomic mass is 10.2. The quantitative estimate of drug-likeness (QED) is 0.432. The predicted molar refractivity (Wildman–Crippen MR) is 89.5 cm³/mol. The molecule has 0 radical (unpaired) electrons. The van der Waals surface area contributed by atoms with Crippen LogP contribution in [0.1, 0.15) is 11.3 Å². The number of nitrogens with zero attached hydrogens (tertiary/aromatic N) is 1. The smallest absolute Gasteiger partial charge is 0.311 e. The lowest BCUT2D eigenvalue weighted by molar-refractivity contribution is -0.139. The third-order valence-electron chi connectivity index (χ3n) is 3.07. The molecule has 0 atom stereocenters. The molecule has 0 saturated carbocycles. The molecule has 132 valence electrons. The summed E-state index contributed by atoms with van der Waals surface area (Å²) in [7, 11) is 1.25. The molecule has 7 nitrogen and oxygen atoms in total. The number of thioether (sulfide) groups is 1. The molecule has 1 aromatic heterocycles. The van der Waals surface area contributed by atoms with Gasteiger partial charge in [0, 0.05) is 12.6 Å². The van der Waals surface area contributed by atoms with E-state index in [1.54, 1.807) is 12.1 Å². The lowest BCUT2D eigenvalue weighted by Gasteiger charge is -2.06. The maximum Gasteiger partial charge on any atom is 0.311 e. The van der Waals surface area contributed by atoms with E-state index in [0.29, 0.717) is 0 Å². The topological polar surface area (TPSA) is 101 Å². The normalized spacial score (nSPS) is 10.3. The van der Waals surface area contributed by atoms with Crippen molar-refractivity contribution in [2.45, 2.75) is 18.1 Å². The lowest BCUT2D eigenvalue weighted by Crippen LogP contribution is -2.25. The average molecular weight is 365 g/mol. The Morgan fingerprint density at radius 2 is 2.04 bits per heavy atom. The minimum Gasteiger partial charge on any atom is -0.469 e. The number of halogens is 1. The Hall–Kier alpha value is -2.68. The van der Waals surface area contributed by atoms with Gasteiger partial charge < -0.3 is 15.0 Å². The van der Waals surface area contributed by atoms with E-state index in [9.17, 15) is 18.8 Å². The third-order valence-corrected chi connectivity index (χ3v) is 3.94. The number of rotatable bonds is 7. The summed E-state index contributed by atoms with van der Waals surface area (Å²) in [5.41, 5.74) is 0.624. The molecule has 1 aromatic carbocycles. The van der Waals surface area contributed by atoms with Crippen LogP contribution in [-0.2, 0) is 27.3 Å². The van der Waals surface area contributed by atoms with E-state index < -0.39 is 11.5 Å². The van der Waals surface area contributed by atoms with Crippen LogP contribution in [0.3, 0.4) is 0 Å². The minimum absolute atomic E-state index is 0.0335. The van der Waals surface area contributed by atoms with Gasteiger partial charge in [0.05, 0.1) is 25.0 Å². The molecule has 2 aromatic rings. The second kappa shape index (κ2) is 8.97. The van der Waals surface area contributed by atoms with Crippen molar-refractivity contribution in [3.05, 3.63) is 57.8 Å². The molecule has 2 N–H and O–H groups in total. The first-order valence-corrected chi connectivity index (χ1v) is 8.26. The highest BCUT2D eigenvalue weighted by atomic mass is 32.2. The largest absolute Gasteiger partial charge is 0.469 e. The van der Waals surface area contributed by atoms with Crippen molar-refractivity contribution >= 4 is 23.6 Å². The minimum atomic E-state index is -0.508. The number of amides is 1. The van der Waals surface area contributed by atoms with Gasteiger partial charge >= 0.3 is 5.97 Å². The summed E-state index contributed by atoms with van der Waals surface area (Å²) in [6.07, 6.45) is -0.120. The number of ether oxygens (including phenoxy) is 1. The fourth-order valence-electron chi connectivity index (χ4n) is 1.85. The number of hydrogen-bond acceptors (Lipinski definition) is 6. The van der Waals surface area contributed by atoms with Crippen LogP contribution < -0.4 is 10.9 Å². The molecular formula is C16H16FN3O4S. The highest BCUT2D eigenvalue weighted by molar-refractivity contribution is 7.99. The summed E-state index contributed by atoms with van der Waals surface area (Å²) in [4.78, 5) is 41.3. The van der Waals surface area contributed by atoms with E-state index in [1.165, 1.54) is 25.3 Å². The number of aromatic amines is 1. The van der Waals surface area contributed by atoms with Crippen molar-refractivity contribution in [1.29, 1.82) is 0 Å². The Morgan fingerprint density at radius 3 is 2.72 bits per heavy atom. The van der Waals surface area contributed by atoms with E-state index >= 15 is 0 Å². The first-order chi connectivity index (χ1) is 12.0. The Bertz CT molecular complexity index is 808. The number of H-pyrrole nitrogens is 1. The number of hydrogen-bond donors (Lipinski definition) is 2. The van der Waals surface area contributed by atoms with Crippen molar-refractivity contribution in [3.8, 4) is 0 Å². The van der Waals surface area contributed by atoms with Gasteiger partial charge in [0.25, 0.3) is 5.56 Å². The third kappa shape index (κ3) is 6.38. The molecule has 0 fully saturated rings. The molecule has 0 spiro atoms. The van der Waals surface area contributed by atoms with Crippen molar-refractivity contribution in [2.24, 2.45) is 0 Å². The maximum absolute atomic E-state index is 12.8. The van der Waals surface area contributed by atoms with Crippen molar-refractivity contribution in [3.63, 3.8) is 0 Å². The highest BCUT2D eigenvalue weighted by Gasteiger charge is 2.09. The first kappa shape index (κ1) is 18.7. The van der Waals surface area contributed by atoms with E-state index in [2.05, 4.69) is 20.0 Å². The average Bonchev–Trinajstić information content (AvgIpc) is 2.59. The van der Waals surface area contributed by atoms with Crippen LogP contribution in [0, 0.1) is 5.82 Å². The monoisotopic (exact) mass is 365 g/mol. The molecule has 25 heavy (non-hydrogen) atoms. The van der Waals surface area contributed by atoms with Crippen LogP contribution >= 0.6 is 11.8 Å². The summed E-state index contributed by atoms with van der Waals surface area (Å²) >= 11 is 1.04. The molecule has 0 bridgehead atoms. The van der Waals surface area contributed by atoms with Gasteiger partial charge in [-0.15, -0.1) is 0 Å². The summed E-state index contributed by atoms with van der Waals surface area (Å²) < 4.78 is 17.3. The zero-order valence-electron chi connectivity index (χ0n) is 13.4. The van der Waals surface area contributed by atoms with Gasteiger partial charge in [-0.3, -0.25) is 14.4 Å². The van der Waals surface area contributed by atoms with Crippen molar-refractivity contribution in [1.82, 2.24) is 15.3 Å². The van der Waals surface area contributed by atoms with Crippen LogP contribution in [0.5, 0.6) is 0 Å². The number of carbonyl (C=O) groups excluding carboxylic acids is 2. The molecule has 2 rings (SSSR count). The molecule has 1 amide bonds. The fourth-order valence-corrected chi connectivity index (χ4v) is 2.57. The van der Waals surface area contributed by atoms with E-state index in [-0.39, 0.29) is 41.3 Å². The molecule has 0 unspecified atom stereocenters. The number of benzene rings is 1. The van der Waals surface area contributed by atoms with Gasteiger partial charge in [-0.25, -0.2) is 9.37 Å². The highest BCUT2D eigenvalue weighted by Crippen LogP contribution is 2.11. The second-order valence-corrected chi connectivity index (χ2v) is 5.95. The van der Waals surface area contributed by atoms with E-state index in [1.807, 2.05) is 0 Å². The number of carbonyl (C=O) groups is 2. The summed E-state index contributed by atoms with van der Waals surface area (Å²) in [6, 6.07) is 7.00. The van der Waals surface area contributed by atoms with Crippen molar-refractivity contribution in [2.75, 3.05) is 12.9 Å². The Balaban J connectivity index is 1.87. The Labute approximate surface area is 147 Å². The Morgan fingerprint density at radius 1 is 1.32 bits per heavy atom. The van der Waals surface area contributed by atoms with E-state index in [4.69, 9.17) is 0 Å². The maximum atomic E-state index is 12.8. The molecular weight excluding hydrogens is 349 g/mol. The number of aromatic nitrogens is 2. The molecule has 9 heteroatoms. The first-order valence-electron chi connectivity index (χ1n) is 7.27. The van der Waals surface area contributed by atoms with Crippen LogP contribution in [-0.4, -0.2) is 34.7 Å². The number of nitrogens with one attached hydrogen (secondary N) is 2. The van der Waals surface area contributed by atoms with Gasteiger partial charge in [-0.05, 0) is 17.7 Å². The fraction of sp³-hybridized carbons (Fsp3) is 0.250. The van der Waals surface area contributed by atoms with Gasteiger partial charge in [-0.2, -0.15) is 0 Å². The summed E-state index contributed by atoms with van der Waals surface area (Å²) in [6.45, 7) is 0.270. The SMILES string of the molecule is COC(=O)Cc1cc(=O)[nH]c(SCC(=O)NCc2ccc(F)cc2)n1. The van der Waals surface area contributed by atoms with Crippen molar-refractivity contribution < 1.29 is 18.7 Å². The van der Waals surface area contributed by atoms with Gasteiger partial charge in [0.15, 0.2) is 5.16 Å². The van der Waals surface area contributed by atoms with E-state index in [0.717, 1.165) is 17.3 Å². The molecule has 0 aliphatic heterocycles. The number of methoxy groups -OCH3 is 1. The predicted octanol–water partition coefficient (Wildman–Crippen LogP) is 1.03. The van der Waals surface area contributed by atoms with Gasteiger partial charge in [0.2, 0.25) is 5.91 Å². The van der Waals surface area contributed by atoms with Gasteiger partial charge in [-0.1, -0.05) is 23.9 Å². The number of esters is 1. The second-order valence-electron chi connectivity index (χ2n) is 4.99. The van der Waals surface area contributed by atoms with Crippen LogP contribution in [0.2, 0.25) is 0 Å². The zero-order chi connectivity index (χ0) is 18.2. The Kier molecular flexibility index (Phi) is 6.70. The molecule has 0 aliphatic carbocycles. The zero-order valence-corrected chi connectivity index (χ0v) is 14.2. The standard InChI is InChI=1S/C16H16FN3O4S/c1-24-15(23)7-12-6-13(21)20-16(19-12)25-9-14(22)18-8-10-2-4-11(17)5-3-10/h2-6H,7-9H2,1H3,(H,18,22)(H,19,20,21). The summed E-state index contributed by atoms with van der Waals surface area (Å²) in [5, 5.41) is 2.92. The molecule has 0 aliphatic rings. The van der Waals surface area contributed by atoms with Crippen LogP contribution in [0.4, 0.5) is 4.39 Å². The molecule has 1 heterocycles.